The molecule has 0 fully saturated rings. The van der Waals surface area contributed by atoms with Crippen molar-refractivity contribution in [3.63, 3.8) is 0 Å². The largest absolute Gasteiger partial charge is 0.508 e. The molecule has 27 heavy (non-hydrogen) atoms. The normalized spacial score (nSPS) is 17.6. The van der Waals surface area contributed by atoms with Crippen LogP contribution in [0.2, 0.25) is 0 Å². The van der Waals surface area contributed by atoms with E-state index in [1.807, 2.05) is 0 Å². The van der Waals surface area contributed by atoms with Crippen LogP contribution in [0.25, 0.3) is 0 Å². The van der Waals surface area contributed by atoms with Gasteiger partial charge in [-0.2, -0.15) is 0 Å². The van der Waals surface area contributed by atoms with Gasteiger partial charge in [-0.05, 0) is 39.5 Å². The van der Waals surface area contributed by atoms with Gasteiger partial charge in [0.15, 0.2) is 0 Å². The molecular formula is C26H32O. The van der Waals surface area contributed by atoms with Crippen LogP contribution in [0, 0.1) is 10.8 Å². The lowest BCUT2D eigenvalue weighted by molar-refractivity contribution is 0.323. The van der Waals surface area contributed by atoms with Crippen molar-refractivity contribution in [2.24, 2.45) is 10.8 Å². The number of rotatable bonds is 2. The van der Waals surface area contributed by atoms with Crippen LogP contribution in [-0.2, 0) is 5.41 Å². The van der Waals surface area contributed by atoms with E-state index in [9.17, 15) is 5.11 Å². The first kappa shape index (κ1) is 19.5. The molecule has 0 radical (unpaired) electrons. The average Bonchev–Trinajstić information content (AvgIpc) is 2.62. The van der Waals surface area contributed by atoms with E-state index in [-0.39, 0.29) is 16.2 Å². The summed E-state index contributed by atoms with van der Waals surface area (Å²) in [5.41, 5.74) is 4.17. The predicted octanol–water partition coefficient (Wildman–Crippen LogP) is 7.21. The van der Waals surface area contributed by atoms with Gasteiger partial charge in [0.25, 0.3) is 0 Å². The molecule has 0 unspecified atom stereocenters. The van der Waals surface area contributed by atoms with Crippen LogP contribution in [0.1, 0.15) is 59.1 Å². The van der Waals surface area contributed by atoms with E-state index in [1.54, 1.807) is 0 Å². The van der Waals surface area contributed by atoms with Crippen LogP contribution < -0.4 is 0 Å². The van der Waals surface area contributed by atoms with E-state index in [0.29, 0.717) is 5.76 Å². The zero-order valence-corrected chi connectivity index (χ0v) is 17.5. The van der Waals surface area contributed by atoms with Gasteiger partial charge in [-0.25, -0.2) is 0 Å². The molecule has 142 valence electrons. The summed E-state index contributed by atoms with van der Waals surface area (Å²) < 4.78 is 0. The average molecular weight is 361 g/mol. The lowest BCUT2D eigenvalue weighted by Gasteiger charge is -2.43. The van der Waals surface area contributed by atoms with Crippen molar-refractivity contribution in [2.75, 3.05) is 0 Å². The van der Waals surface area contributed by atoms with E-state index in [4.69, 9.17) is 0 Å². The fourth-order valence-electron chi connectivity index (χ4n) is 4.09. The number of aliphatic hydroxyl groups is 1. The second kappa shape index (κ2) is 6.71. The maximum absolute atomic E-state index is 11.2. The van der Waals surface area contributed by atoms with Crippen molar-refractivity contribution < 1.29 is 5.11 Å². The summed E-state index contributed by atoms with van der Waals surface area (Å²) in [7, 11) is 0. The molecular weight excluding hydrogens is 328 g/mol. The van der Waals surface area contributed by atoms with Gasteiger partial charge < -0.3 is 5.11 Å². The first-order chi connectivity index (χ1) is 12.6. The van der Waals surface area contributed by atoms with Crippen LogP contribution in [0.4, 0.5) is 0 Å². The number of allylic oxidation sites excluding steroid dienone is 3. The van der Waals surface area contributed by atoms with Crippen molar-refractivity contribution in [1.82, 2.24) is 0 Å². The molecule has 1 aliphatic carbocycles. The highest BCUT2D eigenvalue weighted by atomic mass is 16.3. The highest BCUT2D eigenvalue weighted by Crippen LogP contribution is 2.51. The molecule has 0 saturated carbocycles. The highest BCUT2D eigenvalue weighted by Gasteiger charge is 2.43. The van der Waals surface area contributed by atoms with Crippen LogP contribution in [-0.4, -0.2) is 5.11 Å². The van der Waals surface area contributed by atoms with Gasteiger partial charge in [-0.3, -0.25) is 0 Å². The maximum atomic E-state index is 11.2. The van der Waals surface area contributed by atoms with E-state index in [0.717, 1.165) is 17.6 Å². The third-order valence-corrected chi connectivity index (χ3v) is 5.68. The Morgan fingerprint density at radius 2 is 1.15 bits per heavy atom. The summed E-state index contributed by atoms with van der Waals surface area (Å²) >= 11 is 0. The van der Waals surface area contributed by atoms with Gasteiger partial charge in [0.1, 0.15) is 5.76 Å². The summed E-state index contributed by atoms with van der Waals surface area (Å²) in [4.78, 5) is 0. The number of benzene rings is 2. The second-order valence-electron chi connectivity index (χ2n) is 9.77. The molecule has 0 saturated heterocycles. The van der Waals surface area contributed by atoms with Crippen molar-refractivity contribution in [3.8, 4) is 0 Å². The first-order valence-corrected chi connectivity index (χ1v) is 9.83. The van der Waals surface area contributed by atoms with Crippen molar-refractivity contribution in [2.45, 2.75) is 53.4 Å². The summed E-state index contributed by atoms with van der Waals surface area (Å²) in [6.07, 6.45) is 3.11. The minimum atomic E-state index is -0.278. The summed E-state index contributed by atoms with van der Waals surface area (Å²) in [6, 6.07) is 21.4. The molecule has 0 aromatic heterocycles. The third-order valence-electron chi connectivity index (χ3n) is 5.68. The smallest absolute Gasteiger partial charge is 0.118 e. The minimum Gasteiger partial charge on any atom is -0.508 e. The predicted molar refractivity (Wildman–Crippen MR) is 115 cm³/mol. The van der Waals surface area contributed by atoms with E-state index in [1.165, 1.54) is 11.1 Å². The van der Waals surface area contributed by atoms with E-state index < -0.39 is 0 Å². The second-order valence-corrected chi connectivity index (χ2v) is 9.77. The van der Waals surface area contributed by atoms with Crippen LogP contribution >= 0.6 is 0 Å². The SMILES string of the molecule is CC(C)(C)C1=CC(c2ccccc2)(c2ccccc2)CC(C(C)(C)C)=C1O. The fraction of sp³-hybridized carbons (Fsp3) is 0.385. The number of aliphatic hydroxyl groups excluding tert-OH is 1. The first-order valence-electron chi connectivity index (χ1n) is 9.83. The molecule has 1 heteroatoms. The van der Waals surface area contributed by atoms with Gasteiger partial charge in [0.2, 0.25) is 0 Å². The Morgan fingerprint density at radius 1 is 0.704 bits per heavy atom. The number of hydrogen-bond acceptors (Lipinski definition) is 1. The van der Waals surface area contributed by atoms with Crippen molar-refractivity contribution >= 4 is 0 Å². The topological polar surface area (TPSA) is 20.2 Å². The van der Waals surface area contributed by atoms with Crippen molar-refractivity contribution in [1.29, 1.82) is 0 Å². The Kier molecular flexibility index (Phi) is 4.84. The van der Waals surface area contributed by atoms with Gasteiger partial charge in [-0.1, -0.05) is 108 Å². The van der Waals surface area contributed by atoms with Gasteiger partial charge in [0, 0.05) is 5.41 Å². The zero-order chi connectivity index (χ0) is 19.9. The highest BCUT2D eigenvalue weighted by molar-refractivity contribution is 5.54. The molecule has 0 spiro atoms. The lowest BCUT2D eigenvalue weighted by atomic mass is 9.61. The molecule has 2 aromatic rings. The Labute approximate surface area is 164 Å². The van der Waals surface area contributed by atoms with E-state index >= 15 is 0 Å². The molecule has 0 atom stereocenters. The quantitative estimate of drug-likeness (QED) is 0.600. The molecule has 2 aromatic carbocycles. The molecule has 3 rings (SSSR count). The maximum Gasteiger partial charge on any atom is 0.118 e. The van der Waals surface area contributed by atoms with Gasteiger partial charge in [-0.15, -0.1) is 0 Å². The van der Waals surface area contributed by atoms with E-state index in [2.05, 4.69) is 108 Å². The van der Waals surface area contributed by atoms with Crippen LogP contribution in [0.5, 0.6) is 0 Å². The summed E-state index contributed by atoms with van der Waals surface area (Å²) in [6.45, 7) is 13.1. The molecule has 0 aliphatic heterocycles. The van der Waals surface area contributed by atoms with Gasteiger partial charge >= 0.3 is 0 Å². The summed E-state index contributed by atoms with van der Waals surface area (Å²) in [5, 5.41) is 11.2. The standard InChI is InChI=1S/C26H32O/c1-24(2,3)21-17-26(19-13-9-7-10-14-19,20-15-11-8-12-16-20)18-22(23(21)27)25(4,5)6/h7-17,27H,18H2,1-6H3. The molecule has 0 heterocycles. The summed E-state index contributed by atoms with van der Waals surface area (Å²) in [5.74, 6) is 0.484. The van der Waals surface area contributed by atoms with Crippen molar-refractivity contribution in [3.05, 3.63) is 94.8 Å². The minimum absolute atomic E-state index is 0.107. The van der Waals surface area contributed by atoms with Crippen LogP contribution in [0.15, 0.2) is 83.6 Å². The van der Waals surface area contributed by atoms with Gasteiger partial charge in [0.05, 0.1) is 0 Å². The Morgan fingerprint density at radius 3 is 1.52 bits per heavy atom. The number of hydrogen-bond donors (Lipinski definition) is 1. The fourth-order valence-corrected chi connectivity index (χ4v) is 4.09. The molecule has 1 nitrogen and oxygen atoms in total. The molecule has 0 amide bonds. The molecule has 0 bridgehead atoms. The molecule has 1 aliphatic rings. The lowest BCUT2D eigenvalue weighted by Crippen LogP contribution is -2.35. The molecule has 1 N–H and O–H groups in total. The Balaban J connectivity index is 2.36. The Bertz CT molecular complexity index is 816. The zero-order valence-electron chi connectivity index (χ0n) is 17.5. The monoisotopic (exact) mass is 360 g/mol. The van der Waals surface area contributed by atoms with Crippen LogP contribution in [0.3, 0.4) is 0 Å². The third kappa shape index (κ3) is 3.60. The Hall–Kier alpha value is -2.28.